The molecule has 1 heterocycles. The van der Waals surface area contributed by atoms with Gasteiger partial charge in [0.1, 0.15) is 5.75 Å². The summed E-state index contributed by atoms with van der Waals surface area (Å²) >= 11 is 0. The number of likely N-dealkylation sites (N-methyl/N-ethyl adjacent to an activating group) is 1. The molecule has 0 saturated heterocycles. The van der Waals surface area contributed by atoms with Gasteiger partial charge in [-0.15, -0.1) is 0 Å². The van der Waals surface area contributed by atoms with Crippen LogP contribution in [0, 0.1) is 11.8 Å². The highest BCUT2D eigenvalue weighted by molar-refractivity contribution is 6.23. The molecule has 5 heteroatoms. The van der Waals surface area contributed by atoms with Crippen molar-refractivity contribution in [2.75, 3.05) is 18.6 Å². The zero-order valence-corrected chi connectivity index (χ0v) is 17.9. The number of carbonyl (C=O) groups is 3. The molecule has 160 valence electrons. The van der Waals surface area contributed by atoms with E-state index in [1.807, 2.05) is 37.3 Å². The summed E-state index contributed by atoms with van der Waals surface area (Å²) in [5, 5.41) is 0. The third-order valence-electron chi connectivity index (χ3n) is 6.76. The number of hydrogen-bond acceptors (Lipinski definition) is 4. The van der Waals surface area contributed by atoms with Crippen molar-refractivity contribution in [2.24, 2.45) is 11.8 Å². The largest absolute Gasteiger partial charge is 0.497 e. The van der Waals surface area contributed by atoms with Crippen molar-refractivity contribution < 1.29 is 19.1 Å². The molecule has 3 aromatic carbocycles. The quantitative estimate of drug-likeness (QED) is 0.552. The minimum atomic E-state index is -1.16. The highest BCUT2D eigenvalue weighted by Gasteiger charge is 2.79. The van der Waals surface area contributed by atoms with E-state index in [1.165, 1.54) is 0 Å². The van der Waals surface area contributed by atoms with Crippen molar-refractivity contribution in [1.29, 1.82) is 0 Å². The van der Waals surface area contributed by atoms with Gasteiger partial charge in [0.15, 0.2) is 11.6 Å². The Morgan fingerprint density at radius 2 is 1.41 bits per heavy atom. The summed E-state index contributed by atoms with van der Waals surface area (Å²) < 4.78 is 5.20. The topological polar surface area (TPSA) is 63.7 Å². The number of fused-ring (bicyclic) bond motifs is 2. The van der Waals surface area contributed by atoms with Crippen LogP contribution >= 0.6 is 0 Å². The van der Waals surface area contributed by atoms with E-state index in [9.17, 15) is 14.4 Å². The van der Waals surface area contributed by atoms with Crippen LogP contribution in [0.2, 0.25) is 0 Å². The predicted octanol–water partition coefficient (Wildman–Crippen LogP) is 4.31. The average molecular weight is 425 g/mol. The molecule has 3 aromatic rings. The number of anilines is 1. The van der Waals surface area contributed by atoms with Crippen molar-refractivity contribution in [3.05, 3.63) is 95.6 Å². The maximum absolute atomic E-state index is 13.8. The van der Waals surface area contributed by atoms with Crippen LogP contribution < -0.4 is 9.64 Å². The molecule has 5 nitrogen and oxygen atoms in total. The first-order valence-corrected chi connectivity index (χ1v) is 10.7. The molecule has 0 N–H and O–H groups in total. The standard InChI is InChI=1S/C27H23NO4/c1-3-28-21-12-8-7-11-20(21)27(26(28)31)22(24(29)17-9-5-4-6-10-17)23(27)25(30)18-13-15-19(32-2)16-14-18/h4-16,22-23H,3H2,1-2H3/t22-,23-,27-/m1/s1. The number of carbonyl (C=O) groups excluding carboxylic acids is 3. The zero-order chi connectivity index (χ0) is 22.5. The van der Waals surface area contributed by atoms with E-state index < -0.39 is 17.3 Å². The van der Waals surface area contributed by atoms with E-state index in [1.54, 1.807) is 60.5 Å². The van der Waals surface area contributed by atoms with Gasteiger partial charge in [-0.05, 0) is 42.8 Å². The molecule has 1 spiro atoms. The Morgan fingerprint density at radius 3 is 2.00 bits per heavy atom. The van der Waals surface area contributed by atoms with E-state index in [2.05, 4.69) is 0 Å². The van der Waals surface area contributed by atoms with Gasteiger partial charge >= 0.3 is 0 Å². The van der Waals surface area contributed by atoms with Crippen molar-refractivity contribution >= 4 is 23.2 Å². The van der Waals surface area contributed by atoms with Gasteiger partial charge in [-0.3, -0.25) is 14.4 Å². The number of amides is 1. The smallest absolute Gasteiger partial charge is 0.239 e. The second-order valence-electron chi connectivity index (χ2n) is 8.21. The van der Waals surface area contributed by atoms with Crippen LogP contribution in [0.15, 0.2) is 78.9 Å². The molecule has 1 saturated carbocycles. The lowest BCUT2D eigenvalue weighted by Crippen LogP contribution is -2.35. The van der Waals surface area contributed by atoms with E-state index in [0.717, 1.165) is 11.3 Å². The van der Waals surface area contributed by atoms with Crippen LogP contribution in [0.1, 0.15) is 33.2 Å². The molecular formula is C27H23NO4. The number of para-hydroxylation sites is 1. The Morgan fingerprint density at radius 1 is 0.844 bits per heavy atom. The fourth-order valence-corrected chi connectivity index (χ4v) is 5.24. The maximum atomic E-state index is 13.8. The molecule has 1 fully saturated rings. The number of benzene rings is 3. The zero-order valence-electron chi connectivity index (χ0n) is 17.9. The van der Waals surface area contributed by atoms with E-state index in [-0.39, 0.29) is 17.5 Å². The molecular weight excluding hydrogens is 402 g/mol. The highest BCUT2D eigenvalue weighted by atomic mass is 16.5. The summed E-state index contributed by atoms with van der Waals surface area (Å²) in [6, 6.07) is 23.3. The SMILES string of the molecule is CCN1C(=O)[C@]2(c3ccccc31)[C@@H](C(=O)c1ccccc1)[C@@H]2C(=O)c1ccc(OC)cc1. The van der Waals surface area contributed by atoms with Crippen LogP contribution in [0.5, 0.6) is 5.75 Å². The maximum Gasteiger partial charge on any atom is 0.239 e. The van der Waals surface area contributed by atoms with Crippen LogP contribution in [-0.4, -0.2) is 31.1 Å². The first-order chi connectivity index (χ1) is 15.6. The molecule has 0 radical (unpaired) electrons. The Bertz CT molecular complexity index is 1220. The highest BCUT2D eigenvalue weighted by Crippen LogP contribution is 2.67. The number of hydrogen-bond donors (Lipinski definition) is 0. The van der Waals surface area contributed by atoms with Crippen molar-refractivity contribution in [1.82, 2.24) is 0 Å². The van der Waals surface area contributed by atoms with Crippen LogP contribution in [0.4, 0.5) is 5.69 Å². The minimum absolute atomic E-state index is 0.164. The lowest BCUT2D eigenvalue weighted by atomic mass is 9.90. The molecule has 0 aromatic heterocycles. The molecule has 3 atom stereocenters. The summed E-state index contributed by atoms with van der Waals surface area (Å²) in [6.07, 6.45) is 0. The second kappa shape index (κ2) is 7.45. The lowest BCUT2D eigenvalue weighted by molar-refractivity contribution is -0.120. The Balaban J connectivity index is 1.64. The predicted molar refractivity (Wildman–Crippen MR) is 121 cm³/mol. The Hall–Kier alpha value is -3.73. The van der Waals surface area contributed by atoms with E-state index >= 15 is 0 Å². The van der Waals surface area contributed by atoms with Crippen LogP contribution in [0.25, 0.3) is 0 Å². The first-order valence-electron chi connectivity index (χ1n) is 10.7. The van der Waals surface area contributed by atoms with Gasteiger partial charge in [-0.25, -0.2) is 0 Å². The van der Waals surface area contributed by atoms with Gasteiger partial charge in [0.05, 0.1) is 24.4 Å². The average Bonchev–Trinajstić information content (AvgIpc) is 3.48. The Kier molecular flexibility index (Phi) is 4.70. The van der Waals surface area contributed by atoms with Crippen LogP contribution in [0.3, 0.4) is 0 Å². The molecule has 32 heavy (non-hydrogen) atoms. The van der Waals surface area contributed by atoms with Gasteiger partial charge in [-0.2, -0.15) is 0 Å². The van der Waals surface area contributed by atoms with E-state index in [4.69, 9.17) is 4.74 Å². The van der Waals surface area contributed by atoms with Gasteiger partial charge in [0.25, 0.3) is 0 Å². The van der Waals surface area contributed by atoms with Crippen molar-refractivity contribution in [3.63, 3.8) is 0 Å². The number of ketones is 2. The molecule has 0 unspecified atom stereocenters. The molecule has 0 bridgehead atoms. The monoisotopic (exact) mass is 425 g/mol. The third kappa shape index (κ3) is 2.67. The molecule has 1 aliphatic heterocycles. The first kappa shape index (κ1) is 20.2. The Labute approximate surface area is 186 Å². The molecule has 5 rings (SSSR count). The van der Waals surface area contributed by atoms with Gasteiger partial charge < -0.3 is 9.64 Å². The van der Waals surface area contributed by atoms with E-state index in [0.29, 0.717) is 23.4 Å². The summed E-state index contributed by atoms with van der Waals surface area (Å²) in [6.45, 7) is 2.39. The second-order valence-corrected chi connectivity index (χ2v) is 8.21. The number of Topliss-reactive ketones (excluding diaryl/α,β-unsaturated/α-hetero) is 2. The lowest BCUT2D eigenvalue weighted by Gasteiger charge is -2.15. The third-order valence-corrected chi connectivity index (χ3v) is 6.76. The number of nitrogens with zero attached hydrogens (tertiary/aromatic N) is 1. The summed E-state index contributed by atoms with van der Waals surface area (Å²) in [5.74, 6) is -1.36. The van der Waals surface area contributed by atoms with Crippen molar-refractivity contribution in [2.45, 2.75) is 12.3 Å². The fourth-order valence-electron chi connectivity index (χ4n) is 5.24. The van der Waals surface area contributed by atoms with Crippen LogP contribution in [-0.2, 0) is 10.2 Å². The number of rotatable bonds is 6. The summed E-state index contributed by atoms with van der Waals surface area (Å²) in [7, 11) is 1.56. The number of methoxy groups -OCH3 is 1. The normalized spacial score (nSPS) is 23.2. The van der Waals surface area contributed by atoms with Crippen molar-refractivity contribution in [3.8, 4) is 5.75 Å². The fraction of sp³-hybridized carbons (Fsp3) is 0.222. The van der Waals surface area contributed by atoms with Gasteiger partial charge in [-0.1, -0.05) is 48.5 Å². The summed E-state index contributed by atoms with van der Waals surface area (Å²) in [4.78, 5) is 42.8. The number of ether oxygens (including phenoxy) is 1. The van der Waals surface area contributed by atoms with Gasteiger partial charge in [0.2, 0.25) is 5.91 Å². The van der Waals surface area contributed by atoms with Gasteiger partial charge in [0, 0.05) is 23.4 Å². The molecule has 1 aliphatic carbocycles. The molecule has 2 aliphatic rings. The molecule has 1 amide bonds. The minimum Gasteiger partial charge on any atom is -0.497 e. The summed E-state index contributed by atoms with van der Waals surface area (Å²) in [5.41, 5.74) is 1.39.